The zero-order chi connectivity index (χ0) is 13.9. The van der Waals surface area contributed by atoms with Gasteiger partial charge in [-0.25, -0.2) is 0 Å². The number of rotatable bonds is 5. The molecule has 0 radical (unpaired) electrons. The normalized spacial score (nSPS) is 20.9. The van der Waals surface area contributed by atoms with Gasteiger partial charge in [-0.15, -0.1) is 0 Å². The van der Waals surface area contributed by atoms with Crippen LogP contribution in [0.4, 0.5) is 5.69 Å². The zero-order valence-electron chi connectivity index (χ0n) is 11.7. The van der Waals surface area contributed by atoms with E-state index in [1.54, 1.807) is 0 Å². The topological polar surface area (TPSA) is 52.6 Å². The minimum absolute atomic E-state index is 0.121. The lowest BCUT2D eigenvalue weighted by Crippen LogP contribution is -2.25. The molecule has 1 unspecified atom stereocenters. The third-order valence-electron chi connectivity index (χ3n) is 4.14. The second-order valence-electron chi connectivity index (χ2n) is 5.91. The fourth-order valence-electron chi connectivity index (χ4n) is 2.69. The summed E-state index contributed by atoms with van der Waals surface area (Å²) in [5.74, 6) is 0.339. The largest absolute Gasteiger partial charge is 0.387 e. The summed E-state index contributed by atoms with van der Waals surface area (Å²) >= 11 is 0. The molecule has 1 aliphatic carbocycles. The van der Waals surface area contributed by atoms with Gasteiger partial charge < -0.3 is 15.3 Å². The van der Waals surface area contributed by atoms with Crippen molar-refractivity contribution in [2.45, 2.75) is 31.8 Å². The molecule has 0 bridgehead atoms. The van der Waals surface area contributed by atoms with Crippen LogP contribution in [0.5, 0.6) is 0 Å². The summed E-state index contributed by atoms with van der Waals surface area (Å²) in [5.41, 5.74) is 1.74. The molecule has 4 nitrogen and oxygen atoms in total. The summed E-state index contributed by atoms with van der Waals surface area (Å²) in [4.78, 5) is 14.0. The highest BCUT2D eigenvalue weighted by molar-refractivity contribution is 5.93. The van der Waals surface area contributed by atoms with E-state index in [1.807, 2.05) is 24.3 Å². The molecule has 2 N–H and O–H groups in total. The van der Waals surface area contributed by atoms with Gasteiger partial charge in [0.05, 0.1) is 6.10 Å². The fraction of sp³-hybridized carbons (Fsp3) is 0.562. The summed E-state index contributed by atoms with van der Waals surface area (Å²) in [5, 5.41) is 13.1. The molecule has 0 aromatic heterocycles. The van der Waals surface area contributed by atoms with Gasteiger partial charge in [0.1, 0.15) is 0 Å². The number of carbonyl (C=O) groups excluding carboxylic acids is 1. The molecule has 1 aromatic carbocycles. The zero-order valence-corrected chi connectivity index (χ0v) is 11.7. The van der Waals surface area contributed by atoms with Gasteiger partial charge in [0.2, 0.25) is 5.91 Å². The Kier molecular flexibility index (Phi) is 4.03. The Morgan fingerprint density at radius 3 is 2.50 bits per heavy atom. The number of carbonyl (C=O) groups is 1. The fourth-order valence-corrected chi connectivity index (χ4v) is 2.69. The first kappa shape index (κ1) is 13.6. The number of anilines is 1. The van der Waals surface area contributed by atoms with E-state index in [2.05, 4.69) is 10.2 Å². The number of aliphatic hydroxyl groups is 1. The Hall–Kier alpha value is -1.39. The predicted molar refractivity (Wildman–Crippen MR) is 78.4 cm³/mol. The van der Waals surface area contributed by atoms with E-state index >= 15 is 0 Å². The Labute approximate surface area is 119 Å². The lowest BCUT2D eigenvalue weighted by Gasteiger charge is -2.19. The van der Waals surface area contributed by atoms with Crippen LogP contribution < -0.4 is 5.32 Å². The minimum atomic E-state index is -0.443. The van der Waals surface area contributed by atoms with Crippen LogP contribution in [0.25, 0.3) is 0 Å². The van der Waals surface area contributed by atoms with Crippen LogP contribution >= 0.6 is 0 Å². The summed E-state index contributed by atoms with van der Waals surface area (Å²) < 4.78 is 0. The average Bonchev–Trinajstić information content (AvgIpc) is 3.19. The lowest BCUT2D eigenvalue weighted by molar-refractivity contribution is -0.117. The van der Waals surface area contributed by atoms with E-state index < -0.39 is 6.10 Å². The van der Waals surface area contributed by atoms with Gasteiger partial charge in [-0.05, 0) is 56.5 Å². The molecule has 108 valence electrons. The van der Waals surface area contributed by atoms with Crippen LogP contribution in [0.2, 0.25) is 0 Å². The first-order chi connectivity index (χ1) is 9.72. The number of nitrogens with one attached hydrogen (secondary N) is 1. The molecule has 1 heterocycles. The van der Waals surface area contributed by atoms with Gasteiger partial charge in [0, 0.05) is 18.2 Å². The van der Waals surface area contributed by atoms with Crippen molar-refractivity contribution < 1.29 is 9.90 Å². The van der Waals surface area contributed by atoms with Gasteiger partial charge in [-0.2, -0.15) is 0 Å². The van der Waals surface area contributed by atoms with Crippen LogP contribution in [0.3, 0.4) is 0 Å². The Balaban J connectivity index is 1.55. The summed E-state index contributed by atoms with van der Waals surface area (Å²) in [6, 6.07) is 7.57. The number of hydrogen-bond acceptors (Lipinski definition) is 3. The lowest BCUT2D eigenvalue weighted by atomic mass is 10.1. The maximum absolute atomic E-state index is 11.7. The van der Waals surface area contributed by atoms with Crippen molar-refractivity contribution in [1.82, 2.24) is 4.90 Å². The van der Waals surface area contributed by atoms with Crippen molar-refractivity contribution in [3.63, 3.8) is 0 Å². The van der Waals surface area contributed by atoms with Crippen LogP contribution in [0.15, 0.2) is 24.3 Å². The number of likely N-dealkylation sites (tertiary alicyclic amines) is 1. The van der Waals surface area contributed by atoms with Crippen LogP contribution in [0, 0.1) is 5.92 Å². The minimum Gasteiger partial charge on any atom is -0.387 e. The predicted octanol–water partition coefficient (Wildman–Crippen LogP) is 2.16. The molecule has 1 atom stereocenters. The summed E-state index contributed by atoms with van der Waals surface area (Å²) in [7, 11) is 0. The van der Waals surface area contributed by atoms with Gasteiger partial charge in [-0.1, -0.05) is 12.1 Å². The van der Waals surface area contributed by atoms with Crippen LogP contribution in [0.1, 0.15) is 37.4 Å². The van der Waals surface area contributed by atoms with Crippen molar-refractivity contribution in [2.75, 3.05) is 25.0 Å². The first-order valence-corrected chi connectivity index (χ1v) is 7.53. The van der Waals surface area contributed by atoms with Gasteiger partial charge in [0.25, 0.3) is 0 Å². The molecule has 3 rings (SSSR count). The molecule has 1 amide bonds. The van der Waals surface area contributed by atoms with Crippen molar-refractivity contribution in [1.29, 1.82) is 0 Å². The Morgan fingerprint density at radius 2 is 1.90 bits per heavy atom. The van der Waals surface area contributed by atoms with E-state index in [-0.39, 0.29) is 11.8 Å². The van der Waals surface area contributed by atoms with Gasteiger partial charge in [-0.3, -0.25) is 4.79 Å². The highest BCUT2D eigenvalue weighted by Gasteiger charge is 2.29. The average molecular weight is 274 g/mol. The van der Waals surface area contributed by atoms with E-state index in [0.717, 1.165) is 37.2 Å². The molecule has 0 spiro atoms. The smallest absolute Gasteiger partial charge is 0.227 e. The van der Waals surface area contributed by atoms with E-state index in [1.165, 1.54) is 12.8 Å². The SMILES string of the molecule is O=C(Nc1ccc(C(O)CN2CCCC2)cc1)C1CC1. The summed E-state index contributed by atoms with van der Waals surface area (Å²) in [6.07, 6.45) is 4.05. The second kappa shape index (κ2) is 5.94. The number of amides is 1. The van der Waals surface area contributed by atoms with Crippen molar-refractivity contribution in [3.05, 3.63) is 29.8 Å². The molecule has 1 saturated heterocycles. The molecular formula is C16H22N2O2. The van der Waals surface area contributed by atoms with E-state index in [0.29, 0.717) is 6.54 Å². The maximum atomic E-state index is 11.7. The van der Waals surface area contributed by atoms with Gasteiger partial charge in [0.15, 0.2) is 0 Å². The van der Waals surface area contributed by atoms with Crippen molar-refractivity contribution >= 4 is 11.6 Å². The first-order valence-electron chi connectivity index (χ1n) is 7.53. The number of nitrogens with zero attached hydrogens (tertiary/aromatic N) is 1. The molecule has 1 aromatic rings. The third-order valence-corrected chi connectivity index (χ3v) is 4.14. The number of β-amino-alcohol motifs (C(OH)–C–C–N with tert-alkyl or cyclic N) is 1. The van der Waals surface area contributed by atoms with E-state index in [9.17, 15) is 9.90 Å². The monoisotopic (exact) mass is 274 g/mol. The van der Waals surface area contributed by atoms with Crippen molar-refractivity contribution in [3.8, 4) is 0 Å². The van der Waals surface area contributed by atoms with Gasteiger partial charge >= 0.3 is 0 Å². The number of aliphatic hydroxyl groups excluding tert-OH is 1. The van der Waals surface area contributed by atoms with Crippen molar-refractivity contribution in [2.24, 2.45) is 5.92 Å². The molecular weight excluding hydrogens is 252 g/mol. The highest BCUT2D eigenvalue weighted by atomic mass is 16.3. The molecule has 2 fully saturated rings. The Bertz CT molecular complexity index is 462. The maximum Gasteiger partial charge on any atom is 0.227 e. The molecule has 1 aliphatic heterocycles. The molecule has 2 aliphatic rings. The molecule has 20 heavy (non-hydrogen) atoms. The molecule has 1 saturated carbocycles. The van der Waals surface area contributed by atoms with E-state index in [4.69, 9.17) is 0 Å². The van der Waals surface area contributed by atoms with Crippen LogP contribution in [-0.4, -0.2) is 35.5 Å². The van der Waals surface area contributed by atoms with Crippen LogP contribution in [-0.2, 0) is 4.79 Å². The highest BCUT2D eigenvalue weighted by Crippen LogP contribution is 2.30. The number of hydrogen-bond donors (Lipinski definition) is 2. The quantitative estimate of drug-likeness (QED) is 0.865. The second-order valence-corrected chi connectivity index (χ2v) is 5.91. The molecule has 4 heteroatoms. The Morgan fingerprint density at radius 1 is 1.25 bits per heavy atom. The number of benzene rings is 1. The standard InChI is InChI=1S/C16H22N2O2/c19-15(11-18-9-1-2-10-18)12-5-7-14(8-6-12)17-16(20)13-3-4-13/h5-8,13,15,19H,1-4,9-11H2,(H,17,20). The third kappa shape index (κ3) is 3.38. The summed E-state index contributed by atoms with van der Waals surface area (Å²) in [6.45, 7) is 2.88.